The fourth-order valence-corrected chi connectivity index (χ4v) is 3.92. The number of thioether (sulfide) groups is 1. The van der Waals surface area contributed by atoms with Crippen LogP contribution in [0.3, 0.4) is 0 Å². The van der Waals surface area contributed by atoms with Crippen LogP contribution in [0.5, 0.6) is 0 Å². The first kappa shape index (κ1) is 15.2. The van der Waals surface area contributed by atoms with E-state index in [9.17, 15) is 15.2 Å². The highest BCUT2D eigenvalue weighted by Gasteiger charge is 2.18. The molecule has 6 nitrogen and oxygen atoms in total. The zero-order valence-corrected chi connectivity index (χ0v) is 13.1. The Morgan fingerprint density at radius 1 is 1.40 bits per heavy atom. The summed E-state index contributed by atoms with van der Waals surface area (Å²) >= 11 is 4.08. The molecule has 1 aromatic carbocycles. The molecular formula is C11H11N3O3S3. The normalized spacial score (nSPS) is 12.3. The summed E-state index contributed by atoms with van der Waals surface area (Å²) in [6, 6.07) is 4.70. The molecule has 0 saturated heterocycles. The predicted molar refractivity (Wildman–Crippen MR) is 79.5 cm³/mol. The van der Waals surface area contributed by atoms with Crippen molar-refractivity contribution in [1.82, 2.24) is 10.2 Å². The second kappa shape index (κ2) is 6.53. The fourth-order valence-electron chi connectivity index (χ4n) is 1.44. The molecule has 0 unspecified atom stereocenters. The molecule has 0 radical (unpaired) electrons. The third-order valence-electron chi connectivity index (χ3n) is 2.42. The molecule has 0 aliphatic carbocycles. The molecule has 2 rings (SSSR count). The molecule has 1 atom stereocenters. The summed E-state index contributed by atoms with van der Waals surface area (Å²) < 4.78 is 1.47. The van der Waals surface area contributed by atoms with Gasteiger partial charge >= 0.3 is 0 Å². The third kappa shape index (κ3) is 3.48. The van der Waals surface area contributed by atoms with Crippen molar-refractivity contribution in [3.63, 3.8) is 0 Å². The Kier molecular flexibility index (Phi) is 4.97. The lowest BCUT2D eigenvalue weighted by Gasteiger charge is -2.06. The number of nitro groups is 1. The summed E-state index contributed by atoms with van der Waals surface area (Å²) in [7, 11) is 0. The lowest BCUT2D eigenvalue weighted by molar-refractivity contribution is -0.387. The van der Waals surface area contributed by atoms with E-state index < -0.39 is 11.0 Å². The quantitative estimate of drug-likeness (QED) is 0.511. The molecule has 0 spiro atoms. The number of nitro benzene ring substituents is 1. The predicted octanol–water partition coefficient (Wildman–Crippen LogP) is 3.37. The van der Waals surface area contributed by atoms with Gasteiger partial charge in [0.05, 0.1) is 15.9 Å². The lowest BCUT2D eigenvalue weighted by atomic mass is 10.1. The molecule has 0 amide bonds. The van der Waals surface area contributed by atoms with Crippen LogP contribution < -0.4 is 0 Å². The Labute approximate surface area is 127 Å². The van der Waals surface area contributed by atoms with Gasteiger partial charge in [0.1, 0.15) is 0 Å². The van der Waals surface area contributed by atoms with Gasteiger partial charge in [0.25, 0.3) is 5.69 Å². The van der Waals surface area contributed by atoms with Crippen LogP contribution in [-0.2, 0) is 0 Å². The monoisotopic (exact) mass is 329 g/mol. The summed E-state index contributed by atoms with van der Waals surface area (Å²) in [6.07, 6.45) is 1.16. The second-order valence-electron chi connectivity index (χ2n) is 3.80. The van der Waals surface area contributed by atoms with Gasteiger partial charge in [0.2, 0.25) is 0 Å². The molecular weight excluding hydrogens is 318 g/mol. The Morgan fingerprint density at radius 3 is 2.65 bits per heavy atom. The summed E-state index contributed by atoms with van der Waals surface area (Å²) in [5.74, 6) is 0. The minimum absolute atomic E-state index is 0.0331. The molecule has 0 saturated carbocycles. The molecule has 20 heavy (non-hydrogen) atoms. The van der Waals surface area contributed by atoms with Crippen molar-refractivity contribution in [2.24, 2.45) is 0 Å². The Bertz CT molecular complexity index is 630. The molecule has 1 aromatic heterocycles. The lowest BCUT2D eigenvalue weighted by Crippen LogP contribution is -1.96. The topological polar surface area (TPSA) is 89.2 Å². The number of hydrogen-bond acceptors (Lipinski definition) is 8. The number of aromatic nitrogens is 2. The van der Waals surface area contributed by atoms with Crippen LogP contribution in [-0.4, -0.2) is 26.5 Å². The van der Waals surface area contributed by atoms with Crippen molar-refractivity contribution in [3.8, 4) is 0 Å². The van der Waals surface area contributed by atoms with Crippen LogP contribution in [0.1, 0.15) is 18.6 Å². The van der Waals surface area contributed by atoms with Gasteiger partial charge in [-0.2, -0.15) is 0 Å². The molecule has 0 aliphatic heterocycles. The van der Waals surface area contributed by atoms with Gasteiger partial charge in [0, 0.05) is 6.07 Å². The van der Waals surface area contributed by atoms with Gasteiger partial charge in [-0.15, -0.1) is 10.2 Å². The fraction of sp³-hybridized carbons (Fsp3) is 0.273. The molecule has 1 N–H and O–H groups in total. The SMILES string of the molecule is CSc1nnc(Sc2ccc([C@@H](C)O)cc2[N+](=O)[O-])s1. The summed E-state index contributed by atoms with van der Waals surface area (Å²) in [5.41, 5.74) is 0.484. The van der Waals surface area contributed by atoms with Crippen LogP contribution in [0.4, 0.5) is 5.69 Å². The standard InChI is InChI=1S/C11H11N3O3S3/c1-6(15)7-3-4-9(8(5-7)14(16)17)19-11-13-12-10(18-2)20-11/h3-6,15H,1-2H3/t6-/m1/s1. The minimum Gasteiger partial charge on any atom is -0.389 e. The first-order valence-electron chi connectivity index (χ1n) is 5.53. The first-order valence-corrected chi connectivity index (χ1v) is 8.38. The number of hydrogen-bond donors (Lipinski definition) is 1. The van der Waals surface area contributed by atoms with Crippen molar-refractivity contribution in [2.75, 3.05) is 6.26 Å². The summed E-state index contributed by atoms with van der Waals surface area (Å²) in [5, 5.41) is 28.5. The number of nitrogens with zero attached hydrogens (tertiary/aromatic N) is 3. The van der Waals surface area contributed by atoms with Gasteiger partial charge in [-0.3, -0.25) is 10.1 Å². The number of rotatable bonds is 5. The van der Waals surface area contributed by atoms with E-state index in [2.05, 4.69) is 10.2 Å². The van der Waals surface area contributed by atoms with Crippen LogP contribution >= 0.6 is 34.9 Å². The van der Waals surface area contributed by atoms with E-state index in [1.54, 1.807) is 19.1 Å². The highest BCUT2D eigenvalue weighted by Crippen LogP contribution is 2.38. The van der Waals surface area contributed by atoms with Crippen molar-refractivity contribution in [2.45, 2.75) is 26.6 Å². The van der Waals surface area contributed by atoms with Crippen LogP contribution in [0.2, 0.25) is 0 Å². The molecule has 106 valence electrons. The van der Waals surface area contributed by atoms with Gasteiger partial charge in [-0.25, -0.2) is 0 Å². The average Bonchev–Trinajstić information content (AvgIpc) is 2.86. The van der Waals surface area contributed by atoms with E-state index in [1.165, 1.54) is 40.9 Å². The van der Waals surface area contributed by atoms with E-state index >= 15 is 0 Å². The minimum atomic E-state index is -0.739. The zero-order valence-electron chi connectivity index (χ0n) is 10.6. The Balaban J connectivity index is 2.33. The molecule has 0 fully saturated rings. The Hall–Kier alpha value is -1.16. The van der Waals surface area contributed by atoms with Crippen LogP contribution in [0, 0.1) is 10.1 Å². The van der Waals surface area contributed by atoms with Crippen LogP contribution in [0.15, 0.2) is 31.8 Å². The van der Waals surface area contributed by atoms with E-state index in [4.69, 9.17) is 0 Å². The van der Waals surface area contributed by atoms with E-state index in [-0.39, 0.29) is 5.69 Å². The zero-order chi connectivity index (χ0) is 14.7. The van der Waals surface area contributed by atoms with Gasteiger partial charge in [-0.05, 0) is 24.8 Å². The molecule has 9 heteroatoms. The van der Waals surface area contributed by atoms with Crippen molar-refractivity contribution < 1.29 is 10.0 Å². The van der Waals surface area contributed by atoms with Gasteiger partial charge < -0.3 is 5.11 Å². The largest absolute Gasteiger partial charge is 0.389 e. The van der Waals surface area contributed by atoms with E-state index in [1.807, 2.05) is 6.26 Å². The van der Waals surface area contributed by atoms with Crippen LogP contribution in [0.25, 0.3) is 0 Å². The average molecular weight is 329 g/mol. The second-order valence-corrected chi connectivity index (χ2v) is 7.12. The smallest absolute Gasteiger partial charge is 0.283 e. The number of aliphatic hydroxyl groups excluding tert-OH is 1. The van der Waals surface area contributed by atoms with Crippen molar-refractivity contribution in [1.29, 1.82) is 0 Å². The van der Waals surface area contributed by atoms with E-state index in [0.29, 0.717) is 14.8 Å². The third-order valence-corrected chi connectivity index (χ3v) is 5.44. The summed E-state index contributed by atoms with van der Waals surface area (Å²) in [6.45, 7) is 1.57. The summed E-state index contributed by atoms with van der Waals surface area (Å²) in [4.78, 5) is 11.2. The molecule has 0 aliphatic rings. The first-order chi connectivity index (χ1) is 9.51. The highest BCUT2D eigenvalue weighted by atomic mass is 32.2. The van der Waals surface area contributed by atoms with Crippen molar-refractivity contribution in [3.05, 3.63) is 33.9 Å². The van der Waals surface area contributed by atoms with Crippen molar-refractivity contribution >= 4 is 40.5 Å². The highest BCUT2D eigenvalue weighted by molar-refractivity contribution is 8.03. The molecule has 1 heterocycles. The van der Waals surface area contributed by atoms with Gasteiger partial charge in [-0.1, -0.05) is 40.9 Å². The molecule has 2 aromatic rings. The van der Waals surface area contributed by atoms with Gasteiger partial charge in [0.15, 0.2) is 8.68 Å². The Morgan fingerprint density at radius 2 is 2.10 bits per heavy atom. The number of aliphatic hydroxyl groups is 1. The maximum absolute atomic E-state index is 11.1. The maximum Gasteiger partial charge on any atom is 0.283 e. The van der Waals surface area contributed by atoms with E-state index in [0.717, 1.165) is 4.34 Å². The number of benzene rings is 1. The molecule has 0 bridgehead atoms. The maximum atomic E-state index is 11.1.